The first-order chi connectivity index (χ1) is 34.0. The molecule has 2 heterocycles. The Balaban J connectivity index is 1.20. The molecule has 70 heavy (non-hydrogen) atoms. The molecule has 0 fully saturated rings. The molecule has 0 radical (unpaired) electrons. The number of fused-ring (bicyclic) bond motifs is 9. The summed E-state index contributed by atoms with van der Waals surface area (Å²) in [6.45, 7) is 9.54. The van der Waals surface area contributed by atoms with Crippen molar-refractivity contribution in [1.29, 1.82) is 0 Å². The molecule has 0 saturated carbocycles. The lowest BCUT2D eigenvalue weighted by Gasteiger charge is -2.37. The number of rotatable bonds is 8. The summed E-state index contributed by atoms with van der Waals surface area (Å²) < 4.78 is 0. The van der Waals surface area contributed by atoms with Gasteiger partial charge in [-0.2, -0.15) is 20.1 Å². The van der Waals surface area contributed by atoms with E-state index in [1.165, 1.54) is 130 Å². The fourth-order valence-corrected chi connectivity index (χ4v) is 18.1. The van der Waals surface area contributed by atoms with E-state index in [1.807, 2.05) is 0 Å². The third-order valence-corrected chi connectivity index (χ3v) is 21.4. The van der Waals surface area contributed by atoms with Crippen molar-refractivity contribution in [2.75, 3.05) is 34.8 Å². The highest BCUT2D eigenvalue weighted by Gasteiger charge is 2.38. The molecular formula is C66H58N2S2. The van der Waals surface area contributed by atoms with Crippen LogP contribution in [0.4, 0.5) is 34.1 Å². The zero-order valence-electron chi connectivity index (χ0n) is 41.3. The number of hydrogen-bond donors (Lipinski definition) is 0. The SMILES string of the molecule is CC(C)c1cc(N(c2ccccc2)c2cccc3c2S(C)(C)c2ccccc2-3)c2c3ccccc3c3c(C(C)C)cc(N(c4ccccc4)c4cccc5c4S(C)(C)c4ccccc4-5)c4ccc1c2c43. The van der Waals surface area contributed by atoms with Crippen LogP contribution >= 0.6 is 20.1 Å². The predicted octanol–water partition coefficient (Wildman–Crippen LogP) is 19.8. The van der Waals surface area contributed by atoms with Crippen molar-refractivity contribution >= 4 is 97.3 Å². The van der Waals surface area contributed by atoms with Gasteiger partial charge in [-0.3, -0.25) is 0 Å². The Morgan fingerprint density at radius 2 is 0.729 bits per heavy atom. The summed E-state index contributed by atoms with van der Waals surface area (Å²) in [7, 11) is -2.76. The third kappa shape index (κ3) is 6.02. The van der Waals surface area contributed by atoms with Crippen molar-refractivity contribution < 1.29 is 0 Å². The van der Waals surface area contributed by atoms with Crippen LogP contribution in [0.5, 0.6) is 0 Å². The maximum absolute atomic E-state index is 2.64. The quantitative estimate of drug-likeness (QED) is 0.111. The minimum Gasteiger partial charge on any atom is -0.309 e. The van der Waals surface area contributed by atoms with Crippen molar-refractivity contribution in [3.63, 3.8) is 0 Å². The maximum atomic E-state index is 2.64. The van der Waals surface area contributed by atoms with Crippen molar-refractivity contribution in [2.45, 2.75) is 59.1 Å². The summed E-state index contributed by atoms with van der Waals surface area (Å²) in [5, 5.41) is 10.6. The van der Waals surface area contributed by atoms with Gasteiger partial charge in [-0.25, -0.2) is 0 Å². The van der Waals surface area contributed by atoms with Gasteiger partial charge in [-0.15, -0.1) is 0 Å². The van der Waals surface area contributed by atoms with E-state index in [9.17, 15) is 0 Å². The molecule has 0 unspecified atom stereocenters. The summed E-state index contributed by atoms with van der Waals surface area (Å²) in [6.07, 6.45) is 9.99. The van der Waals surface area contributed by atoms with Crippen LogP contribution in [-0.4, -0.2) is 25.0 Å². The highest BCUT2D eigenvalue weighted by molar-refractivity contribution is 8.33. The zero-order valence-corrected chi connectivity index (χ0v) is 43.0. The van der Waals surface area contributed by atoms with Gasteiger partial charge in [0.2, 0.25) is 0 Å². The van der Waals surface area contributed by atoms with Crippen LogP contribution in [-0.2, 0) is 0 Å². The minimum atomic E-state index is -1.39. The van der Waals surface area contributed by atoms with Crippen molar-refractivity contribution in [3.8, 4) is 22.3 Å². The van der Waals surface area contributed by atoms with Crippen LogP contribution in [0.2, 0.25) is 0 Å². The molecule has 13 rings (SSSR count). The normalized spacial score (nSPS) is 15.1. The van der Waals surface area contributed by atoms with Crippen LogP contribution in [0.1, 0.15) is 50.7 Å². The van der Waals surface area contributed by atoms with Crippen LogP contribution < -0.4 is 9.80 Å². The molecular weight excluding hydrogens is 885 g/mol. The van der Waals surface area contributed by atoms with E-state index >= 15 is 0 Å². The number of anilines is 6. The molecule has 0 saturated heterocycles. The van der Waals surface area contributed by atoms with Gasteiger partial charge < -0.3 is 9.80 Å². The molecule has 0 aliphatic carbocycles. The van der Waals surface area contributed by atoms with E-state index in [4.69, 9.17) is 0 Å². The Hall–Kier alpha value is -6.98. The van der Waals surface area contributed by atoms with E-state index in [2.05, 4.69) is 257 Å². The average Bonchev–Trinajstić information content (AvgIpc) is 3.77. The zero-order chi connectivity index (χ0) is 47.8. The minimum absolute atomic E-state index is 0.251. The monoisotopic (exact) mass is 942 g/mol. The summed E-state index contributed by atoms with van der Waals surface area (Å²) in [5.74, 6) is 0.518. The first-order valence-corrected chi connectivity index (χ1v) is 29.7. The van der Waals surface area contributed by atoms with E-state index in [1.54, 1.807) is 0 Å². The number of para-hydroxylation sites is 2. The number of hydrogen-bond acceptors (Lipinski definition) is 2. The first kappa shape index (κ1) is 43.1. The Labute approximate surface area is 416 Å². The molecule has 11 aromatic rings. The number of benzene rings is 11. The topological polar surface area (TPSA) is 6.48 Å². The Kier molecular flexibility index (Phi) is 9.70. The Morgan fingerprint density at radius 1 is 0.314 bits per heavy atom. The maximum Gasteiger partial charge on any atom is 0.0592 e. The molecule has 0 N–H and O–H groups in total. The van der Waals surface area contributed by atoms with Crippen LogP contribution in [0.25, 0.3) is 65.3 Å². The van der Waals surface area contributed by atoms with Gasteiger partial charge in [-0.1, -0.05) is 161 Å². The highest BCUT2D eigenvalue weighted by Crippen LogP contribution is 2.72. The molecule has 0 atom stereocenters. The number of nitrogens with zero attached hydrogens (tertiary/aromatic N) is 2. The van der Waals surface area contributed by atoms with Gasteiger partial charge in [0.1, 0.15) is 0 Å². The van der Waals surface area contributed by atoms with E-state index in [0.717, 1.165) is 0 Å². The van der Waals surface area contributed by atoms with Gasteiger partial charge in [0.05, 0.1) is 22.7 Å². The molecule has 11 aromatic carbocycles. The second-order valence-electron chi connectivity index (χ2n) is 20.8. The fraction of sp³-hybridized carbons (Fsp3) is 0.152. The molecule has 2 aliphatic heterocycles. The highest BCUT2D eigenvalue weighted by atomic mass is 32.3. The van der Waals surface area contributed by atoms with Gasteiger partial charge in [0, 0.05) is 52.5 Å². The van der Waals surface area contributed by atoms with Crippen LogP contribution in [0, 0.1) is 0 Å². The predicted molar refractivity (Wildman–Crippen MR) is 308 cm³/mol. The fourth-order valence-electron chi connectivity index (χ4n) is 12.6. The molecule has 0 spiro atoms. The third-order valence-electron chi connectivity index (χ3n) is 15.6. The van der Waals surface area contributed by atoms with Crippen molar-refractivity contribution in [3.05, 3.63) is 205 Å². The second kappa shape index (κ2) is 15.8. The first-order valence-electron chi connectivity index (χ1n) is 24.8. The molecule has 2 aliphatic rings. The van der Waals surface area contributed by atoms with E-state index < -0.39 is 20.1 Å². The summed E-state index contributed by atoms with van der Waals surface area (Å²) in [4.78, 5) is 11.1. The molecule has 0 amide bonds. The van der Waals surface area contributed by atoms with E-state index in [-0.39, 0.29) is 11.8 Å². The molecule has 2 nitrogen and oxygen atoms in total. The van der Waals surface area contributed by atoms with Crippen molar-refractivity contribution in [1.82, 2.24) is 0 Å². The Bertz CT molecular complexity index is 3910. The molecule has 0 bridgehead atoms. The van der Waals surface area contributed by atoms with Crippen molar-refractivity contribution in [2.24, 2.45) is 0 Å². The lowest BCUT2D eigenvalue weighted by Crippen LogP contribution is -2.15. The summed E-state index contributed by atoms with van der Waals surface area (Å²) in [5.41, 5.74) is 15.5. The molecule has 4 heteroatoms. The van der Waals surface area contributed by atoms with Crippen LogP contribution in [0.3, 0.4) is 0 Å². The lowest BCUT2D eigenvalue weighted by atomic mass is 9.81. The molecule has 344 valence electrons. The van der Waals surface area contributed by atoms with Gasteiger partial charge >= 0.3 is 0 Å². The van der Waals surface area contributed by atoms with E-state index in [0.29, 0.717) is 0 Å². The average molecular weight is 943 g/mol. The van der Waals surface area contributed by atoms with Gasteiger partial charge in [0.15, 0.2) is 0 Å². The summed E-state index contributed by atoms with van der Waals surface area (Å²) >= 11 is 0. The largest absolute Gasteiger partial charge is 0.309 e. The van der Waals surface area contributed by atoms with Gasteiger partial charge in [-0.05, 0) is 152 Å². The smallest absolute Gasteiger partial charge is 0.0592 e. The molecule has 0 aromatic heterocycles. The lowest BCUT2D eigenvalue weighted by molar-refractivity contribution is 0.876. The van der Waals surface area contributed by atoms with Crippen LogP contribution in [0.15, 0.2) is 214 Å². The standard InChI is InChI=1S/C66H58N2S2/c1-41(2)53-39-58(68(44-25-13-10-14-26-44)56-34-22-32-51-46-28-18-20-36-60(46)70(7,8)66(51)56)62-48-30-16-15-29-47(48)61-54(42(3)4)40-57(52-38-37-49(53)63(62)64(52)61)67(43-23-11-9-12-24-43)55-33-21-31-50-45-27-17-19-35-59(45)69(5,6)65(50)55/h9-42H,1-8H3. The van der Waals surface area contributed by atoms with Gasteiger partial charge in [0.25, 0.3) is 0 Å². The summed E-state index contributed by atoms with van der Waals surface area (Å²) in [6, 6.07) is 74.1. The Morgan fingerprint density at radius 3 is 1.26 bits per heavy atom. The second-order valence-corrected chi connectivity index (χ2v) is 27.8.